The van der Waals surface area contributed by atoms with Gasteiger partial charge in [-0.25, -0.2) is 4.39 Å². The Morgan fingerprint density at radius 2 is 1.58 bits per heavy atom. The fourth-order valence-corrected chi connectivity index (χ4v) is 4.85. The van der Waals surface area contributed by atoms with Crippen molar-refractivity contribution in [2.45, 2.75) is 25.9 Å². The van der Waals surface area contributed by atoms with Crippen LogP contribution in [0.2, 0.25) is 5.02 Å². The number of benzene rings is 3. The van der Waals surface area contributed by atoms with Crippen LogP contribution in [0.15, 0.2) is 91.1 Å². The van der Waals surface area contributed by atoms with E-state index in [-0.39, 0.29) is 24.1 Å². The molecule has 0 saturated carbocycles. The number of hydrogen-bond donors (Lipinski definition) is 0. The molecule has 0 spiro atoms. The second-order valence-electron chi connectivity index (χ2n) is 9.02. The molecule has 0 aliphatic carbocycles. The summed E-state index contributed by atoms with van der Waals surface area (Å²) in [7, 11) is 0. The van der Waals surface area contributed by atoms with Crippen molar-refractivity contribution in [3.63, 3.8) is 0 Å². The highest BCUT2D eigenvalue weighted by Gasteiger charge is 2.37. The SMILES string of the molecule is CC(C)N(CC(=O)N1c2ccccc2-n2cccc2C1c1ccc(Cl)cc1)C(=O)c1ccccc1F. The highest BCUT2D eigenvalue weighted by molar-refractivity contribution is 6.30. The Labute approximate surface area is 214 Å². The average molecular weight is 502 g/mol. The zero-order chi connectivity index (χ0) is 25.4. The van der Waals surface area contributed by atoms with Gasteiger partial charge in [0, 0.05) is 17.3 Å². The van der Waals surface area contributed by atoms with E-state index in [9.17, 15) is 14.0 Å². The van der Waals surface area contributed by atoms with Crippen LogP contribution in [-0.4, -0.2) is 33.9 Å². The maximum absolute atomic E-state index is 14.4. The third-order valence-corrected chi connectivity index (χ3v) is 6.72. The molecule has 0 saturated heterocycles. The lowest BCUT2D eigenvalue weighted by Crippen LogP contribution is -2.48. The Kier molecular flexibility index (Phi) is 6.37. The van der Waals surface area contributed by atoms with Crippen LogP contribution >= 0.6 is 11.6 Å². The van der Waals surface area contributed by atoms with Gasteiger partial charge in [0.15, 0.2) is 0 Å². The number of carbonyl (C=O) groups excluding carboxylic acids is 2. The number of halogens is 2. The lowest BCUT2D eigenvalue weighted by molar-refractivity contribution is -0.120. The molecule has 0 N–H and O–H groups in total. The van der Waals surface area contributed by atoms with Crippen molar-refractivity contribution in [2.24, 2.45) is 0 Å². The molecule has 0 radical (unpaired) electrons. The maximum Gasteiger partial charge on any atom is 0.257 e. The molecule has 1 aromatic heterocycles. The molecule has 2 amide bonds. The quantitative estimate of drug-likeness (QED) is 0.324. The predicted octanol–water partition coefficient (Wildman–Crippen LogP) is 6.26. The number of para-hydroxylation sites is 2. The Bertz CT molecular complexity index is 1430. The van der Waals surface area contributed by atoms with Crippen LogP contribution in [0.25, 0.3) is 5.69 Å². The molecule has 1 unspecified atom stereocenters. The molecule has 1 atom stereocenters. The van der Waals surface area contributed by atoms with Gasteiger partial charge in [-0.05, 0) is 67.9 Å². The van der Waals surface area contributed by atoms with Crippen LogP contribution in [0.4, 0.5) is 10.1 Å². The van der Waals surface area contributed by atoms with Gasteiger partial charge in [-0.1, -0.05) is 48.0 Å². The number of anilines is 1. The number of amides is 2. The lowest BCUT2D eigenvalue weighted by Gasteiger charge is -2.40. The van der Waals surface area contributed by atoms with Gasteiger partial charge in [-0.3, -0.25) is 14.5 Å². The summed E-state index contributed by atoms with van der Waals surface area (Å²) in [6.07, 6.45) is 1.97. The molecular formula is C29H25ClFN3O2. The standard InChI is InChI=1S/C29H25ClFN3O2/c1-19(2)33(29(36)22-8-3-4-9-23(22)31)18-27(35)34-25-11-6-5-10-24(25)32-17-7-12-26(32)28(34)20-13-15-21(30)16-14-20/h3-17,19,28H,18H2,1-2H3. The van der Waals surface area contributed by atoms with Crippen LogP contribution in [0.3, 0.4) is 0 Å². The number of fused-ring (bicyclic) bond motifs is 3. The Morgan fingerprint density at radius 1 is 0.917 bits per heavy atom. The Morgan fingerprint density at radius 3 is 2.28 bits per heavy atom. The van der Waals surface area contributed by atoms with E-state index in [1.807, 2.05) is 68.6 Å². The molecular weight excluding hydrogens is 477 g/mol. The van der Waals surface area contributed by atoms with Crippen LogP contribution in [0, 0.1) is 5.82 Å². The molecule has 0 fully saturated rings. The average Bonchev–Trinajstić information content (AvgIpc) is 3.37. The first-order chi connectivity index (χ1) is 17.4. The summed E-state index contributed by atoms with van der Waals surface area (Å²) < 4.78 is 16.5. The van der Waals surface area contributed by atoms with E-state index in [1.165, 1.54) is 23.1 Å². The molecule has 36 heavy (non-hydrogen) atoms. The van der Waals surface area contributed by atoms with Crippen LogP contribution < -0.4 is 4.90 Å². The normalized spacial score (nSPS) is 14.4. The Hall–Kier alpha value is -3.90. The van der Waals surface area contributed by atoms with E-state index < -0.39 is 17.8 Å². The smallest absolute Gasteiger partial charge is 0.257 e. The number of hydrogen-bond acceptors (Lipinski definition) is 2. The molecule has 7 heteroatoms. The van der Waals surface area contributed by atoms with Crippen molar-refractivity contribution in [3.8, 4) is 5.69 Å². The molecule has 2 heterocycles. The second kappa shape index (κ2) is 9.63. The van der Waals surface area contributed by atoms with Gasteiger partial charge < -0.3 is 9.47 Å². The van der Waals surface area contributed by atoms with Crippen molar-refractivity contribution in [2.75, 3.05) is 11.4 Å². The summed E-state index contributed by atoms with van der Waals surface area (Å²) in [6.45, 7) is 3.43. The number of carbonyl (C=O) groups is 2. The molecule has 5 rings (SSSR count). The van der Waals surface area contributed by atoms with Crippen molar-refractivity contribution in [1.29, 1.82) is 0 Å². The fraction of sp³-hybridized carbons (Fsp3) is 0.172. The lowest BCUT2D eigenvalue weighted by atomic mass is 9.97. The minimum Gasteiger partial charge on any atom is -0.327 e. The highest BCUT2D eigenvalue weighted by atomic mass is 35.5. The number of rotatable bonds is 5. The summed E-state index contributed by atoms with van der Waals surface area (Å²) in [5.74, 6) is -1.40. The maximum atomic E-state index is 14.4. The van der Waals surface area contributed by atoms with Crippen molar-refractivity contribution in [1.82, 2.24) is 9.47 Å². The fourth-order valence-electron chi connectivity index (χ4n) is 4.72. The number of nitrogens with zero attached hydrogens (tertiary/aromatic N) is 3. The highest BCUT2D eigenvalue weighted by Crippen LogP contribution is 2.42. The molecule has 4 aromatic rings. The van der Waals surface area contributed by atoms with Gasteiger partial charge in [-0.2, -0.15) is 0 Å². The number of aromatic nitrogens is 1. The zero-order valence-corrected chi connectivity index (χ0v) is 20.7. The monoisotopic (exact) mass is 501 g/mol. The van der Waals surface area contributed by atoms with Gasteiger partial charge in [-0.15, -0.1) is 0 Å². The molecule has 0 bridgehead atoms. The van der Waals surface area contributed by atoms with Crippen molar-refractivity contribution >= 4 is 29.1 Å². The third kappa shape index (κ3) is 4.18. The summed E-state index contributed by atoms with van der Waals surface area (Å²) in [5, 5.41) is 0.602. The topological polar surface area (TPSA) is 45.6 Å². The van der Waals surface area contributed by atoms with Crippen LogP contribution in [-0.2, 0) is 4.79 Å². The summed E-state index contributed by atoms with van der Waals surface area (Å²) in [6, 6.07) is 24.1. The summed E-state index contributed by atoms with van der Waals surface area (Å²) in [4.78, 5) is 30.5. The molecule has 3 aromatic carbocycles. The summed E-state index contributed by atoms with van der Waals surface area (Å²) in [5.41, 5.74) is 3.35. The first-order valence-electron chi connectivity index (χ1n) is 11.8. The molecule has 5 nitrogen and oxygen atoms in total. The van der Waals surface area contributed by atoms with Gasteiger partial charge >= 0.3 is 0 Å². The van der Waals surface area contributed by atoms with Gasteiger partial charge in [0.25, 0.3) is 5.91 Å². The van der Waals surface area contributed by atoms with E-state index in [0.29, 0.717) is 5.02 Å². The van der Waals surface area contributed by atoms with E-state index in [2.05, 4.69) is 4.57 Å². The van der Waals surface area contributed by atoms with Crippen LogP contribution in [0.1, 0.15) is 41.5 Å². The van der Waals surface area contributed by atoms with Gasteiger partial charge in [0.2, 0.25) is 5.91 Å². The van der Waals surface area contributed by atoms with Crippen molar-refractivity contribution in [3.05, 3.63) is 119 Å². The van der Waals surface area contributed by atoms with E-state index in [4.69, 9.17) is 11.6 Å². The molecule has 1 aliphatic rings. The second-order valence-corrected chi connectivity index (χ2v) is 9.45. The van der Waals surface area contributed by atoms with Gasteiger partial charge in [0.1, 0.15) is 18.4 Å². The predicted molar refractivity (Wildman–Crippen MR) is 139 cm³/mol. The largest absolute Gasteiger partial charge is 0.327 e. The van der Waals surface area contributed by atoms with Gasteiger partial charge in [0.05, 0.1) is 22.6 Å². The summed E-state index contributed by atoms with van der Waals surface area (Å²) >= 11 is 6.16. The van der Waals surface area contributed by atoms with E-state index >= 15 is 0 Å². The zero-order valence-electron chi connectivity index (χ0n) is 19.9. The van der Waals surface area contributed by atoms with E-state index in [1.54, 1.807) is 23.1 Å². The van der Waals surface area contributed by atoms with Crippen LogP contribution in [0.5, 0.6) is 0 Å². The van der Waals surface area contributed by atoms with Crippen molar-refractivity contribution < 1.29 is 14.0 Å². The van der Waals surface area contributed by atoms with E-state index in [0.717, 1.165) is 22.6 Å². The molecule has 1 aliphatic heterocycles. The minimum atomic E-state index is -0.610. The minimum absolute atomic E-state index is 0.0545. The Balaban J connectivity index is 1.58. The first-order valence-corrected chi connectivity index (χ1v) is 12.1. The third-order valence-electron chi connectivity index (χ3n) is 6.47. The first kappa shape index (κ1) is 23.8. The molecule has 182 valence electrons.